The van der Waals surface area contributed by atoms with E-state index in [-0.39, 0.29) is 6.04 Å². The average Bonchev–Trinajstić information content (AvgIpc) is 3.31. The van der Waals surface area contributed by atoms with Gasteiger partial charge in [0.15, 0.2) is 0 Å². The van der Waals surface area contributed by atoms with Gasteiger partial charge in [-0.15, -0.1) is 0 Å². The van der Waals surface area contributed by atoms with Crippen molar-refractivity contribution >= 4 is 23.6 Å². The van der Waals surface area contributed by atoms with E-state index >= 15 is 0 Å². The van der Waals surface area contributed by atoms with Gasteiger partial charge in [-0.2, -0.15) is 23.3 Å². The molecule has 1 unspecified atom stereocenters. The molecule has 3 heterocycles. The summed E-state index contributed by atoms with van der Waals surface area (Å²) in [7, 11) is 1.89. The van der Waals surface area contributed by atoms with Gasteiger partial charge in [0.05, 0.1) is 17.9 Å². The molecule has 1 aliphatic heterocycles. The van der Waals surface area contributed by atoms with Crippen LogP contribution >= 0.6 is 0 Å². The smallest absolute Gasteiger partial charge is 0.329 e. The maximum Gasteiger partial charge on any atom is 0.405 e. The first kappa shape index (κ1) is 19.7. The number of anilines is 1. The molecule has 0 saturated carbocycles. The number of hydrogen-bond donors (Lipinski definition) is 3. The van der Waals surface area contributed by atoms with E-state index in [4.69, 9.17) is 0 Å². The Morgan fingerprint density at radius 3 is 2.83 bits per heavy atom. The summed E-state index contributed by atoms with van der Waals surface area (Å²) in [6, 6.07) is 9.80. The van der Waals surface area contributed by atoms with E-state index in [2.05, 4.69) is 20.9 Å². The Labute approximate surface area is 169 Å². The van der Waals surface area contributed by atoms with Gasteiger partial charge in [0, 0.05) is 30.7 Å². The molecule has 0 saturated heterocycles. The number of halogens is 3. The van der Waals surface area contributed by atoms with Crippen molar-refractivity contribution in [2.24, 2.45) is 5.10 Å². The molecule has 3 aromatic rings. The monoisotopic (exact) mass is 417 g/mol. The highest BCUT2D eigenvalue weighted by Crippen LogP contribution is 2.26. The summed E-state index contributed by atoms with van der Waals surface area (Å²) < 4.78 is 38.6. The lowest BCUT2D eigenvalue weighted by Crippen LogP contribution is -2.36. The number of urea groups is 1. The lowest BCUT2D eigenvalue weighted by atomic mass is 10.1. The number of fused-ring (bicyclic) bond motifs is 1. The minimum absolute atomic E-state index is 0.00195. The second-order valence-electron chi connectivity index (χ2n) is 6.77. The number of nitrogens with one attached hydrogen (secondary N) is 3. The minimum atomic E-state index is -4.47. The zero-order chi connectivity index (χ0) is 21.3. The molecule has 3 N–H and O–H groups in total. The van der Waals surface area contributed by atoms with Crippen molar-refractivity contribution in [2.45, 2.75) is 12.2 Å². The summed E-state index contributed by atoms with van der Waals surface area (Å²) in [5, 5.41) is 10.1. The number of carbonyl (C=O) groups excluding carboxylic acids is 1. The van der Waals surface area contributed by atoms with Crippen LogP contribution in [-0.4, -0.2) is 46.4 Å². The number of alkyl halides is 3. The maximum absolute atomic E-state index is 12.2. The van der Waals surface area contributed by atoms with Gasteiger partial charge < -0.3 is 10.6 Å². The molecule has 30 heavy (non-hydrogen) atoms. The fraction of sp³-hybridized carbons (Fsp3) is 0.211. The summed E-state index contributed by atoms with van der Waals surface area (Å²) in [5.74, 6) is 0. The first-order valence-corrected chi connectivity index (χ1v) is 9.01. The van der Waals surface area contributed by atoms with Crippen LogP contribution in [-0.2, 0) is 0 Å². The molecule has 1 aliphatic rings. The topological polar surface area (TPSA) is 86.1 Å². The quantitative estimate of drug-likeness (QED) is 0.609. The Kier molecular flexibility index (Phi) is 5.04. The van der Waals surface area contributed by atoms with Crippen LogP contribution in [0.2, 0.25) is 0 Å². The van der Waals surface area contributed by atoms with Crippen molar-refractivity contribution in [3.05, 3.63) is 54.4 Å². The van der Waals surface area contributed by atoms with E-state index in [1.165, 1.54) is 0 Å². The van der Waals surface area contributed by atoms with Gasteiger partial charge in [-0.25, -0.2) is 15.3 Å². The third kappa shape index (κ3) is 4.20. The number of amides is 2. The molecule has 1 aromatic carbocycles. The highest BCUT2D eigenvalue weighted by Gasteiger charge is 2.27. The van der Waals surface area contributed by atoms with E-state index in [9.17, 15) is 18.0 Å². The molecule has 0 fully saturated rings. The van der Waals surface area contributed by atoms with E-state index in [0.29, 0.717) is 5.69 Å². The van der Waals surface area contributed by atoms with Gasteiger partial charge in [0.2, 0.25) is 0 Å². The van der Waals surface area contributed by atoms with Crippen LogP contribution < -0.4 is 16.2 Å². The Hall–Kier alpha value is -3.60. The zero-order valence-corrected chi connectivity index (χ0v) is 15.8. The summed E-state index contributed by atoms with van der Waals surface area (Å²) in [6.07, 6.45) is 0.925. The molecule has 8 nitrogen and oxygen atoms in total. The normalized spacial score (nSPS) is 16.6. The molecular weight excluding hydrogens is 399 g/mol. The van der Waals surface area contributed by atoms with Gasteiger partial charge in [0.25, 0.3) is 0 Å². The molecule has 156 valence electrons. The van der Waals surface area contributed by atoms with E-state index in [1.54, 1.807) is 35.9 Å². The van der Waals surface area contributed by atoms with Gasteiger partial charge in [-0.05, 0) is 29.8 Å². The zero-order valence-electron chi connectivity index (χ0n) is 15.8. The van der Waals surface area contributed by atoms with Crippen LogP contribution in [0.25, 0.3) is 16.9 Å². The van der Waals surface area contributed by atoms with E-state index in [1.807, 2.05) is 40.9 Å². The third-order valence-electron chi connectivity index (χ3n) is 4.59. The lowest BCUT2D eigenvalue weighted by molar-refractivity contribution is -0.122. The van der Waals surface area contributed by atoms with Gasteiger partial charge in [0.1, 0.15) is 12.2 Å². The van der Waals surface area contributed by atoms with Gasteiger partial charge in [-0.3, -0.25) is 4.40 Å². The number of hydrogen-bond acceptors (Lipinski definition) is 5. The molecule has 0 spiro atoms. The predicted molar refractivity (Wildman–Crippen MR) is 106 cm³/mol. The molecule has 4 rings (SSSR count). The Bertz CT molecular complexity index is 1110. The molecule has 11 heteroatoms. The first-order chi connectivity index (χ1) is 14.3. The highest BCUT2D eigenvalue weighted by atomic mass is 19.4. The standard InChI is InChI=1S/C19H18F3N7O/c1-28-15(10-25-27-28)13-5-6-29-16(9-23-17(29)8-13)12-3-2-4-14(7-12)26-18(30)24-11-19(20,21)22/h2-10,15,27H,11H2,1H3,(H2,24,26,30). The largest absolute Gasteiger partial charge is 0.405 e. The summed E-state index contributed by atoms with van der Waals surface area (Å²) in [6.45, 7) is -1.40. The van der Waals surface area contributed by atoms with Crippen molar-refractivity contribution in [2.75, 3.05) is 18.9 Å². The van der Waals surface area contributed by atoms with Crippen LogP contribution in [0.15, 0.2) is 53.9 Å². The second-order valence-corrected chi connectivity index (χ2v) is 6.77. The highest BCUT2D eigenvalue weighted by molar-refractivity contribution is 5.90. The Balaban J connectivity index is 1.55. The third-order valence-corrected chi connectivity index (χ3v) is 4.59. The number of aromatic nitrogens is 2. The SMILES string of the molecule is CN1NN=CC1c1ccn2c(-c3cccc(NC(=O)NCC(F)(F)F)c3)cnc2c1. The predicted octanol–water partition coefficient (Wildman–Crippen LogP) is 3.16. The number of nitrogens with zero attached hydrogens (tertiary/aromatic N) is 4. The first-order valence-electron chi connectivity index (χ1n) is 9.01. The molecule has 0 bridgehead atoms. The van der Waals surface area contributed by atoms with Crippen LogP contribution in [0.1, 0.15) is 11.6 Å². The lowest BCUT2D eigenvalue weighted by Gasteiger charge is -2.17. The maximum atomic E-state index is 12.2. The average molecular weight is 417 g/mol. The Morgan fingerprint density at radius 1 is 1.27 bits per heavy atom. The van der Waals surface area contributed by atoms with Crippen LogP contribution in [0.5, 0.6) is 0 Å². The van der Waals surface area contributed by atoms with E-state index < -0.39 is 18.8 Å². The van der Waals surface area contributed by atoms with Crippen molar-refractivity contribution in [1.29, 1.82) is 0 Å². The number of pyridine rings is 1. The fourth-order valence-electron chi connectivity index (χ4n) is 3.17. The molecular formula is C19H18F3N7O. The van der Waals surface area contributed by atoms with Gasteiger partial charge in [-0.1, -0.05) is 12.1 Å². The Morgan fingerprint density at radius 2 is 2.10 bits per heavy atom. The number of carbonyl (C=O) groups is 1. The number of benzene rings is 1. The fourth-order valence-corrected chi connectivity index (χ4v) is 3.17. The van der Waals surface area contributed by atoms with Gasteiger partial charge >= 0.3 is 12.2 Å². The number of hydrazine groups is 1. The van der Waals surface area contributed by atoms with Crippen molar-refractivity contribution in [3.8, 4) is 11.3 Å². The summed E-state index contributed by atoms with van der Waals surface area (Å²) in [4.78, 5) is 16.2. The molecule has 1 atom stereocenters. The number of imidazole rings is 1. The van der Waals surface area contributed by atoms with Crippen LogP contribution in [0, 0.1) is 0 Å². The van der Waals surface area contributed by atoms with Crippen molar-refractivity contribution in [1.82, 2.24) is 25.2 Å². The summed E-state index contributed by atoms with van der Waals surface area (Å²) >= 11 is 0. The molecule has 0 aliphatic carbocycles. The number of rotatable bonds is 4. The second kappa shape index (κ2) is 7.67. The summed E-state index contributed by atoms with van der Waals surface area (Å²) in [5.41, 5.74) is 6.52. The number of hydrazone groups is 1. The van der Waals surface area contributed by atoms with Crippen molar-refractivity contribution < 1.29 is 18.0 Å². The molecule has 2 aromatic heterocycles. The molecule has 0 radical (unpaired) electrons. The minimum Gasteiger partial charge on any atom is -0.329 e. The molecule has 2 amide bonds. The van der Waals surface area contributed by atoms with Crippen LogP contribution in [0.3, 0.4) is 0 Å². The van der Waals surface area contributed by atoms with Crippen LogP contribution in [0.4, 0.5) is 23.7 Å². The van der Waals surface area contributed by atoms with Crippen molar-refractivity contribution in [3.63, 3.8) is 0 Å². The van der Waals surface area contributed by atoms with E-state index in [0.717, 1.165) is 22.5 Å².